The Bertz CT molecular complexity index is 421. The number of carboxylic acids is 1. The molecule has 0 heterocycles. The SMILES string of the molecule is Cc1ccc(CCN(C)CC2(C(=O)O)CC2)cc1. The van der Waals surface area contributed by atoms with E-state index in [1.165, 1.54) is 11.1 Å². The minimum absolute atomic E-state index is 0.442. The fourth-order valence-corrected chi connectivity index (χ4v) is 2.26. The van der Waals surface area contributed by atoms with Crippen molar-refractivity contribution in [3.63, 3.8) is 0 Å². The van der Waals surface area contributed by atoms with Crippen LogP contribution in [0.2, 0.25) is 0 Å². The molecule has 2 rings (SSSR count). The molecule has 1 aromatic carbocycles. The lowest BCUT2D eigenvalue weighted by molar-refractivity contribution is -0.144. The molecule has 0 spiro atoms. The summed E-state index contributed by atoms with van der Waals surface area (Å²) in [6, 6.07) is 8.53. The van der Waals surface area contributed by atoms with Gasteiger partial charge in [0.15, 0.2) is 0 Å². The molecule has 0 aliphatic heterocycles. The summed E-state index contributed by atoms with van der Waals surface area (Å²) >= 11 is 0. The Morgan fingerprint density at radius 3 is 2.44 bits per heavy atom. The maximum atomic E-state index is 11.1. The van der Waals surface area contributed by atoms with E-state index in [9.17, 15) is 4.79 Å². The van der Waals surface area contributed by atoms with Crippen LogP contribution in [0.5, 0.6) is 0 Å². The van der Waals surface area contributed by atoms with Crippen LogP contribution in [0.25, 0.3) is 0 Å². The molecule has 0 atom stereocenters. The van der Waals surface area contributed by atoms with Crippen molar-refractivity contribution in [2.75, 3.05) is 20.1 Å². The zero-order chi connectivity index (χ0) is 13.2. The largest absolute Gasteiger partial charge is 0.481 e. The van der Waals surface area contributed by atoms with Crippen LogP contribution < -0.4 is 0 Å². The van der Waals surface area contributed by atoms with Gasteiger partial charge in [-0.3, -0.25) is 4.79 Å². The number of hydrogen-bond donors (Lipinski definition) is 1. The average Bonchev–Trinajstić information content (AvgIpc) is 3.09. The topological polar surface area (TPSA) is 40.5 Å². The van der Waals surface area contributed by atoms with Gasteiger partial charge in [-0.2, -0.15) is 0 Å². The molecule has 1 saturated carbocycles. The van der Waals surface area contributed by atoms with E-state index in [1.54, 1.807) is 0 Å². The normalized spacial score (nSPS) is 16.8. The number of nitrogens with zero attached hydrogens (tertiary/aromatic N) is 1. The van der Waals surface area contributed by atoms with Gasteiger partial charge in [-0.25, -0.2) is 0 Å². The van der Waals surface area contributed by atoms with Gasteiger partial charge in [0.05, 0.1) is 5.41 Å². The van der Waals surface area contributed by atoms with Crippen LogP contribution in [0.1, 0.15) is 24.0 Å². The van der Waals surface area contributed by atoms with E-state index in [1.807, 2.05) is 7.05 Å². The van der Waals surface area contributed by atoms with Crippen molar-refractivity contribution in [3.8, 4) is 0 Å². The van der Waals surface area contributed by atoms with Gasteiger partial charge in [-0.1, -0.05) is 29.8 Å². The lowest BCUT2D eigenvalue weighted by Gasteiger charge is -2.20. The van der Waals surface area contributed by atoms with E-state index in [0.29, 0.717) is 6.54 Å². The first-order valence-electron chi connectivity index (χ1n) is 6.49. The minimum atomic E-state index is -0.635. The lowest BCUT2D eigenvalue weighted by atomic mass is 10.1. The van der Waals surface area contributed by atoms with Gasteiger partial charge in [0.25, 0.3) is 0 Å². The van der Waals surface area contributed by atoms with E-state index < -0.39 is 11.4 Å². The summed E-state index contributed by atoms with van der Waals surface area (Å²) in [6.07, 6.45) is 2.64. The molecule has 1 aliphatic carbocycles. The standard InChI is InChI=1S/C15H21NO2/c1-12-3-5-13(6-4-12)7-10-16(2)11-15(8-9-15)14(17)18/h3-6H,7-11H2,1-2H3,(H,17,18). The van der Waals surface area contributed by atoms with Crippen LogP contribution in [-0.2, 0) is 11.2 Å². The van der Waals surface area contributed by atoms with Gasteiger partial charge in [-0.15, -0.1) is 0 Å². The summed E-state index contributed by atoms with van der Waals surface area (Å²) < 4.78 is 0. The van der Waals surface area contributed by atoms with Gasteiger partial charge in [0.2, 0.25) is 0 Å². The van der Waals surface area contributed by atoms with Gasteiger partial charge >= 0.3 is 5.97 Å². The molecule has 0 amide bonds. The van der Waals surface area contributed by atoms with Crippen molar-refractivity contribution in [1.82, 2.24) is 4.90 Å². The third-order valence-corrected chi connectivity index (χ3v) is 3.78. The molecule has 0 radical (unpaired) electrons. The molecule has 0 bridgehead atoms. The minimum Gasteiger partial charge on any atom is -0.481 e. The smallest absolute Gasteiger partial charge is 0.310 e. The average molecular weight is 247 g/mol. The third-order valence-electron chi connectivity index (χ3n) is 3.78. The van der Waals surface area contributed by atoms with Crippen molar-refractivity contribution in [2.45, 2.75) is 26.2 Å². The second-order valence-electron chi connectivity index (χ2n) is 5.56. The number of likely N-dealkylation sites (N-methyl/N-ethyl adjacent to an activating group) is 1. The zero-order valence-electron chi connectivity index (χ0n) is 11.1. The van der Waals surface area contributed by atoms with Gasteiger partial charge in [0, 0.05) is 13.1 Å². The molecule has 1 aliphatic rings. The molecule has 3 heteroatoms. The number of aryl methyl sites for hydroxylation is 1. The Labute approximate surface area is 108 Å². The third kappa shape index (κ3) is 3.10. The molecule has 1 N–H and O–H groups in total. The molecule has 3 nitrogen and oxygen atoms in total. The first-order valence-corrected chi connectivity index (χ1v) is 6.49. The summed E-state index contributed by atoms with van der Waals surface area (Å²) in [5.74, 6) is -0.635. The maximum Gasteiger partial charge on any atom is 0.310 e. The van der Waals surface area contributed by atoms with Crippen molar-refractivity contribution in [1.29, 1.82) is 0 Å². The van der Waals surface area contributed by atoms with E-state index in [-0.39, 0.29) is 0 Å². The summed E-state index contributed by atoms with van der Waals surface area (Å²) in [6.45, 7) is 3.67. The monoisotopic (exact) mass is 247 g/mol. The first-order chi connectivity index (χ1) is 8.52. The van der Waals surface area contributed by atoms with Crippen molar-refractivity contribution < 1.29 is 9.90 Å². The van der Waals surface area contributed by atoms with Gasteiger partial charge in [-0.05, 0) is 38.8 Å². The van der Waals surface area contributed by atoms with Gasteiger partial charge < -0.3 is 10.0 Å². The van der Waals surface area contributed by atoms with E-state index in [2.05, 4.69) is 36.1 Å². The highest BCUT2D eigenvalue weighted by Crippen LogP contribution is 2.46. The second-order valence-corrected chi connectivity index (χ2v) is 5.56. The maximum absolute atomic E-state index is 11.1. The quantitative estimate of drug-likeness (QED) is 0.838. The highest BCUT2D eigenvalue weighted by Gasteiger charge is 2.50. The number of hydrogen-bond acceptors (Lipinski definition) is 2. The Morgan fingerprint density at radius 1 is 1.33 bits per heavy atom. The van der Waals surface area contributed by atoms with Crippen LogP contribution in [0.3, 0.4) is 0 Å². The van der Waals surface area contributed by atoms with Crippen LogP contribution >= 0.6 is 0 Å². The zero-order valence-corrected chi connectivity index (χ0v) is 11.1. The molecule has 0 saturated heterocycles. The number of benzene rings is 1. The number of carbonyl (C=O) groups is 1. The summed E-state index contributed by atoms with van der Waals surface area (Å²) in [4.78, 5) is 13.2. The number of carboxylic acid groups (broad SMARTS) is 1. The molecule has 0 unspecified atom stereocenters. The van der Waals surface area contributed by atoms with Crippen molar-refractivity contribution in [2.24, 2.45) is 5.41 Å². The summed E-state index contributed by atoms with van der Waals surface area (Å²) in [5, 5.41) is 9.14. The van der Waals surface area contributed by atoms with Crippen molar-refractivity contribution >= 4 is 5.97 Å². The second kappa shape index (κ2) is 5.11. The van der Waals surface area contributed by atoms with Crippen LogP contribution in [0, 0.1) is 12.3 Å². The number of rotatable bonds is 6. The summed E-state index contributed by atoms with van der Waals surface area (Å²) in [7, 11) is 2.01. The Balaban J connectivity index is 1.80. The van der Waals surface area contributed by atoms with E-state index in [4.69, 9.17) is 5.11 Å². The number of aliphatic carboxylic acids is 1. The fraction of sp³-hybridized carbons (Fsp3) is 0.533. The molecule has 0 aromatic heterocycles. The van der Waals surface area contributed by atoms with E-state index in [0.717, 1.165) is 25.8 Å². The lowest BCUT2D eigenvalue weighted by Crippen LogP contribution is -2.33. The van der Waals surface area contributed by atoms with Crippen LogP contribution in [-0.4, -0.2) is 36.1 Å². The molecule has 1 fully saturated rings. The molecular formula is C15H21NO2. The highest BCUT2D eigenvalue weighted by molar-refractivity contribution is 5.78. The Morgan fingerprint density at radius 2 is 1.94 bits per heavy atom. The van der Waals surface area contributed by atoms with Crippen LogP contribution in [0.4, 0.5) is 0 Å². The van der Waals surface area contributed by atoms with Crippen molar-refractivity contribution in [3.05, 3.63) is 35.4 Å². The molecular weight excluding hydrogens is 226 g/mol. The van der Waals surface area contributed by atoms with Gasteiger partial charge in [0.1, 0.15) is 0 Å². The predicted octanol–water partition coefficient (Wildman–Crippen LogP) is 2.33. The first kappa shape index (κ1) is 13.1. The van der Waals surface area contributed by atoms with Crippen LogP contribution in [0.15, 0.2) is 24.3 Å². The Hall–Kier alpha value is -1.35. The Kier molecular flexibility index (Phi) is 3.71. The highest BCUT2D eigenvalue weighted by atomic mass is 16.4. The predicted molar refractivity (Wildman–Crippen MR) is 71.7 cm³/mol. The fourth-order valence-electron chi connectivity index (χ4n) is 2.26. The summed E-state index contributed by atoms with van der Waals surface area (Å²) in [5.41, 5.74) is 2.14. The molecule has 1 aromatic rings. The molecule has 98 valence electrons. The van der Waals surface area contributed by atoms with E-state index >= 15 is 0 Å². The molecule has 18 heavy (non-hydrogen) atoms.